The Hall–Kier alpha value is -2.47. The van der Waals surface area contributed by atoms with Gasteiger partial charge in [0.2, 0.25) is 0 Å². The first-order valence-electron chi connectivity index (χ1n) is 7.40. The van der Waals surface area contributed by atoms with Crippen LogP contribution in [0, 0.1) is 15.9 Å². The number of benzene rings is 2. The number of phenols is 1. The summed E-state index contributed by atoms with van der Waals surface area (Å²) in [4.78, 5) is 12.5. The van der Waals surface area contributed by atoms with Gasteiger partial charge >= 0.3 is 5.69 Å². The highest BCUT2D eigenvalue weighted by atomic mass is 19.1. The van der Waals surface area contributed by atoms with E-state index in [1.165, 1.54) is 18.2 Å². The molecule has 5 nitrogen and oxygen atoms in total. The third kappa shape index (κ3) is 2.90. The summed E-state index contributed by atoms with van der Waals surface area (Å²) < 4.78 is 14.2. The van der Waals surface area contributed by atoms with Crippen molar-refractivity contribution in [1.29, 1.82) is 0 Å². The molecule has 2 aromatic rings. The Bertz CT molecular complexity index is 763. The molecule has 0 spiro atoms. The van der Waals surface area contributed by atoms with Crippen molar-refractivity contribution < 1.29 is 14.4 Å². The van der Waals surface area contributed by atoms with Gasteiger partial charge in [0.05, 0.1) is 4.92 Å². The molecule has 1 aliphatic heterocycles. The molecule has 0 aliphatic carbocycles. The molecular weight excluding hydrogens is 299 g/mol. The maximum absolute atomic E-state index is 14.2. The third-order valence-electron chi connectivity index (χ3n) is 4.35. The predicted octanol–water partition coefficient (Wildman–Crippen LogP) is 3.06. The summed E-state index contributed by atoms with van der Waals surface area (Å²) in [5.74, 6) is -0.957. The number of nitro groups is 1. The Morgan fingerprint density at radius 3 is 2.74 bits per heavy atom. The van der Waals surface area contributed by atoms with Gasteiger partial charge in [0.1, 0.15) is 5.82 Å². The molecule has 0 bridgehead atoms. The molecule has 0 fully saturated rings. The molecule has 0 amide bonds. The fourth-order valence-corrected chi connectivity index (χ4v) is 3.16. The Kier molecular flexibility index (Phi) is 4.00. The van der Waals surface area contributed by atoms with Crippen molar-refractivity contribution in [3.8, 4) is 5.75 Å². The molecule has 0 radical (unpaired) electrons. The van der Waals surface area contributed by atoms with Crippen molar-refractivity contribution >= 4 is 5.69 Å². The van der Waals surface area contributed by atoms with Gasteiger partial charge in [-0.05, 0) is 42.3 Å². The summed E-state index contributed by atoms with van der Waals surface area (Å²) in [7, 11) is 1.94. The van der Waals surface area contributed by atoms with E-state index < -0.39 is 4.92 Å². The second-order valence-corrected chi connectivity index (χ2v) is 5.88. The number of phenolic OH excluding ortho intramolecular Hbond substituents is 1. The van der Waals surface area contributed by atoms with Gasteiger partial charge in [-0.3, -0.25) is 10.1 Å². The van der Waals surface area contributed by atoms with E-state index >= 15 is 0 Å². The predicted molar refractivity (Wildman–Crippen MR) is 84.2 cm³/mol. The summed E-state index contributed by atoms with van der Waals surface area (Å²) in [6.45, 7) is 1.31. The maximum atomic E-state index is 14.2. The van der Waals surface area contributed by atoms with Crippen molar-refractivity contribution in [2.75, 3.05) is 20.1 Å². The zero-order chi connectivity index (χ0) is 16.6. The summed E-state index contributed by atoms with van der Waals surface area (Å²) in [5, 5.41) is 21.0. The molecular formula is C17H17FN2O3. The highest BCUT2D eigenvalue weighted by Crippen LogP contribution is 2.38. The molecule has 1 aliphatic rings. The number of nitrogens with zero attached hydrogens (tertiary/aromatic N) is 2. The van der Waals surface area contributed by atoms with E-state index in [0.717, 1.165) is 17.7 Å². The number of nitro benzene ring substituents is 1. The SMILES string of the molecule is CN1CCc2cc([N+](=O)[O-])c(O)cc2C(c2ccccc2F)C1. The van der Waals surface area contributed by atoms with Crippen LogP contribution in [0.4, 0.5) is 10.1 Å². The Morgan fingerprint density at radius 1 is 1.30 bits per heavy atom. The highest BCUT2D eigenvalue weighted by molar-refractivity contribution is 5.54. The van der Waals surface area contributed by atoms with Crippen LogP contribution in [0.1, 0.15) is 22.6 Å². The number of fused-ring (bicyclic) bond motifs is 1. The fourth-order valence-electron chi connectivity index (χ4n) is 3.16. The topological polar surface area (TPSA) is 66.6 Å². The molecule has 1 heterocycles. The normalized spacial score (nSPS) is 18.3. The van der Waals surface area contributed by atoms with Crippen LogP contribution in [0.2, 0.25) is 0 Å². The van der Waals surface area contributed by atoms with E-state index in [1.807, 2.05) is 7.05 Å². The van der Waals surface area contributed by atoms with Gasteiger partial charge in [-0.25, -0.2) is 4.39 Å². The van der Waals surface area contributed by atoms with Gasteiger partial charge in [0, 0.05) is 25.1 Å². The molecule has 1 atom stereocenters. The number of rotatable bonds is 2. The first kappa shape index (κ1) is 15.4. The van der Waals surface area contributed by atoms with Crippen molar-refractivity contribution in [3.05, 3.63) is 69.0 Å². The number of aromatic hydroxyl groups is 1. The number of halogens is 1. The van der Waals surface area contributed by atoms with E-state index in [4.69, 9.17) is 0 Å². The molecule has 2 aromatic carbocycles. The molecule has 23 heavy (non-hydrogen) atoms. The minimum atomic E-state index is -0.595. The molecule has 6 heteroatoms. The summed E-state index contributed by atoms with van der Waals surface area (Å²) in [6.07, 6.45) is 0.623. The number of hydrogen-bond donors (Lipinski definition) is 1. The van der Waals surface area contributed by atoms with Gasteiger partial charge in [-0.15, -0.1) is 0 Å². The minimum Gasteiger partial charge on any atom is -0.502 e. The first-order valence-corrected chi connectivity index (χ1v) is 7.40. The van der Waals surface area contributed by atoms with Crippen LogP contribution in [-0.2, 0) is 6.42 Å². The number of likely N-dealkylation sites (N-methyl/N-ethyl adjacent to an activating group) is 1. The smallest absolute Gasteiger partial charge is 0.310 e. The molecule has 1 unspecified atom stereocenters. The average Bonchev–Trinajstić information content (AvgIpc) is 2.66. The quantitative estimate of drug-likeness (QED) is 0.683. The molecule has 0 saturated heterocycles. The van der Waals surface area contributed by atoms with E-state index in [0.29, 0.717) is 18.5 Å². The molecule has 1 N–H and O–H groups in total. The summed E-state index contributed by atoms with van der Waals surface area (Å²) >= 11 is 0. The minimum absolute atomic E-state index is 0.273. The molecule has 3 rings (SSSR count). The van der Waals surface area contributed by atoms with E-state index in [9.17, 15) is 19.6 Å². The molecule has 0 saturated carbocycles. The lowest BCUT2D eigenvalue weighted by molar-refractivity contribution is -0.385. The van der Waals surface area contributed by atoms with Crippen LogP contribution in [0.5, 0.6) is 5.75 Å². The van der Waals surface area contributed by atoms with E-state index in [2.05, 4.69) is 4.90 Å². The van der Waals surface area contributed by atoms with Crippen molar-refractivity contribution in [2.45, 2.75) is 12.3 Å². The van der Waals surface area contributed by atoms with Crippen molar-refractivity contribution in [2.24, 2.45) is 0 Å². The lowest BCUT2D eigenvalue weighted by Gasteiger charge is -2.22. The Balaban J connectivity index is 2.17. The van der Waals surface area contributed by atoms with Crippen molar-refractivity contribution in [1.82, 2.24) is 4.90 Å². The Labute approximate surface area is 133 Å². The van der Waals surface area contributed by atoms with Gasteiger partial charge in [0.25, 0.3) is 0 Å². The van der Waals surface area contributed by atoms with Crippen LogP contribution in [-0.4, -0.2) is 35.1 Å². The standard InChI is InChI=1S/C17H17FN2O3/c1-19-7-6-11-8-16(20(22)23)17(21)9-13(11)14(10-19)12-4-2-3-5-15(12)18/h2-5,8-9,14,21H,6-7,10H2,1H3. The zero-order valence-electron chi connectivity index (χ0n) is 12.7. The van der Waals surface area contributed by atoms with Gasteiger partial charge in [-0.1, -0.05) is 18.2 Å². The van der Waals surface area contributed by atoms with Crippen LogP contribution < -0.4 is 0 Å². The second-order valence-electron chi connectivity index (χ2n) is 5.88. The maximum Gasteiger partial charge on any atom is 0.310 e. The number of hydrogen-bond acceptors (Lipinski definition) is 4. The zero-order valence-corrected chi connectivity index (χ0v) is 12.7. The average molecular weight is 316 g/mol. The van der Waals surface area contributed by atoms with Crippen molar-refractivity contribution in [3.63, 3.8) is 0 Å². The van der Waals surface area contributed by atoms with Gasteiger partial charge in [-0.2, -0.15) is 0 Å². The van der Waals surface area contributed by atoms with Crippen LogP contribution >= 0.6 is 0 Å². The monoisotopic (exact) mass is 316 g/mol. The van der Waals surface area contributed by atoms with E-state index in [1.54, 1.807) is 18.2 Å². The second kappa shape index (κ2) is 5.96. The molecule has 0 aromatic heterocycles. The first-order chi connectivity index (χ1) is 11.0. The van der Waals surface area contributed by atoms with Gasteiger partial charge < -0.3 is 10.0 Å². The fraction of sp³-hybridized carbons (Fsp3) is 0.294. The van der Waals surface area contributed by atoms with Crippen LogP contribution in [0.3, 0.4) is 0 Å². The van der Waals surface area contributed by atoms with Gasteiger partial charge in [0.15, 0.2) is 5.75 Å². The third-order valence-corrected chi connectivity index (χ3v) is 4.35. The summed E-state index contributed by atoms with van der Waals surface area (Å²) in [5.41, 5.74) is 1.77. The Morgan fingerprint density at radius 2 is 2.04 bits per heavy atom. The van der Waals surface area contributed by atoms with Crippen LogP contribution in [0.25, 0.3) is 0 Å². The lowest BCUT2D eigenvalue weighted by atomic mass is 9.87. The largest absolute Gasteiger partial charge is 0.502 e. The highest BCUT2D eigenvalue weighted by Gasteiger charge is 2.28. The summed E-state index contributed by atoms with van der Waals surface area (Å²) in [6, 6.07) is 9.37. The molecule has 120 valence electrons. The lowest BCUT2D eigenvalue weighted by Crippen LogP contribution is -2.24. The van der Waals surface area contributed by atoms with E-state index in [-0.39, 0.29) is 23.2 Å². The van der Waals surface area contributed by atoms with Crippen LogP contribution in [0.15, 0.2) is 36.4 Å².